The van der Waals surface area contributed by atoms with Gasteiger partial charge in [0.1, 0.15) is 0 Å². The van der Waals surface area contributed by atoms with Gasteiger partial charge in [-0.15, -0.1) is 0 Å². The Kier molecular flexibility index (Phi) is 3.76. The highest BCUT2D eigenvalue weighted by molar-refractivity contribution is 4.79. The van der Waals surface area contributed by atoms with Crippen molar-refractivity contribution in [2.75, 3.05) is 20.8 Å². The first-order valence-corrected chi connectivity index (χ1v) is 4.00. The van der Waals surface area contributed by atoms with Crippen molar-refractivity contribution in [1.29, 1.82) is 0 Å². The molecule has 68 valence electrons. The molecule has 0 amide bonds. The molecule has 0 aliphatic carbocycles. The molecule has 0 radical (unpaired) electrons. The third-order valence-corrected chi connectivity index (χ3v) is 1.74. The highest BCUT2D eigenvalue weighted by Gasteiger charge is 2.05. The number of ether oxygens (including phenoxy) is 1. The maximum atomic E-state index is 5.04. The Hall–Kier alpha value is -0.870. The minimum atomic E-state index is 0.329. The summed E-state index contributed by atoms with van der Waals surface area (Å²) in [5, 5.41) is 7.26. The van der Waals surface area contributed by atoms with Crippen molar-refractivity contribution < 1.29 is 4.74 Å². The van der Waals surface area contributed by atoms with Gasteiger partial charge < -0.3 is 10.1 Å². The van der Waals surface area contributed by atoms with Crippen molar-refractivity contribution in [1.82, 2.24) is 15.1 Å². The summed E-state index contributed by atoms with van der Waals surface area (Å²) in [4.78, 5) is 0. The molecule has 4 heteroatoms. The lowest BCUT2D eigenvalue weighted by atomic mass is 10.3. The molecule has 0 bridgehead atoms. The summed E-state index contributed by atoms with van der Waals surface area (Å²) >= 11 is 0. The molecule has 1 heterocycles. The van der Waals surface area contributed by atoms with E-state index in [0.717, 1.165) is 6.54 Å². The van der Waals surface area contributed by atoms with Crippen molar-refractivity contribution in [3.63, 3.8) is 0 Å². The van der Waals surface area contributed by atoms with Crippen LogP contribution in [0.4, 0.5) is 0 Å². The highest BCUT2D eigenvalue weighted by Crippen LogP contribution is 1.91. The number of hydrogen-bond acceptors (Lipinski definition) is 3. The number of hydrogen-bond donors (Lipinski definition) is 1. The van der Waals surface area contributed by atoms with Gasteiger partial charge in [-0.1, -0.05) is 0 Å². The first kappa shape index (κ1) is 9.22. The van der Waals surface area contributed by atoms with Gasteiger partial charge in [0.2, 0.25) is 0 Å². The fourth-order valence-corrected chi connectivity index (χ4v) is 1.06. The second kappa shape index (κ2) is 4.90. The van der Waals surface area contributed by atoms with Crippen LogP contribution in [0, 0.1) is 0 Å². The van der Waals surface area contributed by atoms with Gasteiger partial charge in [0, 0.05) is 25.5 Å². The van der Waals surface area contributed by atoms with E-state index in [4.69, 9.17) is 4.74 Å². The lowest BCUT2D eigenvalue weighted by Gasteiger charge is -2.14. The lowest BCUT2D eigenvalue weighted by molar-refractivity contribution is 0.160. The second-order valence-electron chi connectivity index (χ2n) is 2.67. The SMILES string of the molecule is CNC(COC)Cn1cccn1. The predicted octanol–water partition coefficient (Wildman–Crippen LogP) is 0.117. The topological polar surface area (TPSA) is 39.1 Å². The van der Waals surface area contributed by atoms with Crippen LogP contribution in [0.25, 0.3) is 0 Å². The molecule has 0 saturated heterocycles. The molecule has 0 saturated carbocycles. The molecule has 1 rings (SSSR count). The van der Waals surface area contributed by atoms with Crippen LogP contribution < -0.4 is 5.32 Å². The third kappa shape index (κ3) is 2.64. The summed E-state index contributed by atoms with van der Waals surface area (Å²) in [6, 6.07) is 2.24. The molecule has 4 nitrogen and oxygen atoms in total. The normalized spacial score (nSPS) is 13.2. The van der Waals surface area contributed by atoms with Gasteiger partial charge in [0.05, 0.1) is 13.2 Å². The summed E-state index contributed by atoms with van der Waals surface area (Å²) in [6.07, 6.45) is 3.72. The smallest absolute Gasteiger partial charge is 0.0633 e. The average Bonchev–Trinajstić information content (AvgIpc) is 2.56. The number of nitrogens with zero attached hydrogens (tertiary/aromatic N) is 2. The van der Waals surface area contributed by atoms with Gasteiger partial charge in [0.15, 0.2) is 0 Å². The minimum Gasteiger partial charge on any atom is -0.383 e. The van der Waals surface area contributed by atoms with E-state index in [1.54, 1.807) is 13.3 Å². The van der Waals surface area contributed by atoms with E-state index in [-0.39, 0.29) is 0 Å². The Balaban J connectivity index is 2.37. The van der Waals surface area contributed by atoms with Gasteiger partial charge in [-0.25, -0.2) is 0 Å². The molecule has 0 spiro atoms. The van der Waals surface area contributed by atoms with Crippen LogP contribution in [0.1, 0.15) is 0 Å². The van der Waals surface area contributed by atoms with E-state index in [0.29, 0.717) is 12.6 Å². The van der Waals surface area contributed by atoms with Crippen molar-refractivity contribution in [2.24, 2.45) is 0 Å². The summed E-state index contributed by atoms with van der Waals surface area (Å²) in [7, 11) is 3.63. The Labute approximate surface area is 72.5 Å². The van der Waals surface area contributed by atoms with Gasteiger partial charge in [-0.05, 0) is 13.1 Å². The van der Waals surface area contributed by atoms with Gasteiger partial charge in [0.25, 0.3) is 0 Å². The molecule has 0 fully saturated rings. The van der Waals surface area contributed by atoms with Crippen LogP contribution in [0.2, 0.25) is 0 Å². The van der Waals surface area contributed by atoms with E-state index in [9.17, 15) is 0 Å². The molecule has 12 heavy (non-hydrogen) atoms. The van der Waals surface area contributed by atoms with Gasteiger partial charge in [-0.2, -0.15) is 5.10 Å². The molecular formula is C8H15N3O. The molecular weight excluding hydrogens is 154 g/mol. The maximum Gasteiger partial charge on any atom is 0.0633 e. The number of likely N-dealkylation sites (N-methyl/N-ethyl adjacent to an activating group) is 1. The molecule has 1 aromatic rings. The largest absolute Gasteiger partial charge is 0.383 e. The third-order valence-electron chi connectivity index (χ3n) is 1.74. The zero-order chi connectivity index (χ0) is 8.81. The molecule has 0 aliphatic heterocycles. The number of nitrogens with one attached hydrogen (secondary N) is 1. The molecule has 1 N–H and O–H groups in total. The number of aromatic nitrogens is 2. The summed E-state index contributed by atoms with van der Waals surface area (Å²) in [5.41, 5.74) is 0. The summed E-state index contributed by atoms with van der Waals surface area (Å²) in [6.45, 7) is 1.55. The van der Waals surface area contributed by atoms with E-state index >= 15 is 0 Å². The quantitative estimate of drug-likeness (QED) is 0.680. The Morgan fingerprint density at radius 2 is 2.50 bits per heavy atom. The zero-order valence-electron chi connectivity index (χ0n) is 7.53. The van der Waals surface area contributed by atoms with Gasteiger partial charge in [-0.3, -0.25) is 4.68 Å². The average molecular weight is 169 g/mol. The fourth-order valence-electron chi connectivity index (χ4n) is 1.06. The number of methoxy groups -OCH3 is 1. The van der Waals surface area contributed by atoms with Crippen LogP contribution >= 0.6 is 0 Å². The Morgan fingerprint density at radius 1 is 1.67 bits per heavy atom. The van der Waals surface area contributed by atoms with E-state index < -0.39 is 0 Å². The minimum absolute atomic E-state index is 0.329. The highest BCUT2D eigenvalue weighted by atomic mass is 16.5. The molecule has 1 atom stereocenters. The first-order chi connectivity index (χ1) is 5.86. The summed E-state index contributed by atoms with van der Waals surface area (Å²) < 4.78 is 6.93. The molecule has 0 aliphatic rings. The van der Waals surface area contributed by atoms with Crippen molar-refractivity contribution in [2.45, 2.75) is 12.6 Å². The van der Waals surface area contributed by atoms with Crippen LogP contribution in [0.15, 0.2) is 18.5 Å². The maximum absolute atomic E-state index is 5.04. The van der Waals surface area contributed by atoms with Crippen molar-refractivity contribution in [3.8, 4) is 0 Å². The second-order valence-corrected chi connectivity index (χ2v) is 2.67. The van der Waals surface area contributed by atoms with E-state index in [2.05, 4.69) is 10.4 Å². The predicted molar refractivity (Wildman–Crippen MR) is 47.0 cm³/mol. The zero-order valence-corrected chi connectivity index (χ0v) is 7.53. The monoisotopic (exact) mass is 169 g/mol. The van der Waals surface area contributed by atoms with Crippen LogP contribution in [-0.2, 0) is 11.3 Å². The number of rotatable bonds is 5. The Morgan fingerprint density at radius 3 is 3.00 bits per heavy atom. The molecule has 1 unspecified atom stereocenters. The fraction of sp³-hybridized carbons (Fsp3) is 0.625. The van der Waals surface area contributed by atoms with E-state index in [1.807, 2.05) is 24.0 Å². The molecule has 1 aromatic heterocycles. The summed E-state index contributed by atoms with van der Waals surface area (Å²) in [5.74, 6) is 0. The van der Waals surface area contributed by atoms with E-state index in [1.165, 1.54) is 0 Å². The van der Waals surface area contributed by atoms with Gasteiger partial charge >= 0.3 is 0 Å². The first-order valence-electron chi connectivity index (χ1n) is 4.00. The lowest BCUT2D eigenvalue weighted by Crippen LogP contribution is -2.34. The van der Waals surface area contributed by atoms with Crippen LogP contribution in [0.5, 0.6) is 0 Å². The van der Waals surface area contributed by atoms with Crippen molar-refractivity contribution in [3.05, 3.63) is 18.5 Å². The standard InChI is InChI=1S/C8H15N3O/c1-9-8(7-12-2)6-11-5-3-4-10-11/h3-5,8-9H,6-7H2,1-2H3. The van der Waals surface area contributed by atoms with Crippen molar-refractivity contribution >= 4 is 0 Å². The van der Waals surface area contributed by atoms with Crippen LogP contribution in [0.3, 0.4) is 0 Å². The van der Waals surface area contributed by atoms with Crippen LogP contribution in [-0.4, -0.2) is 36.6 Å². The molecule has 0 aromatic carbocycles. The Bertz CT molecular complexity index is 198.